The molecule has 2 aromatic rings. The first-order valence-corrected chi connectivity index (χ1v) is 9.31. The SMILES string of the molecule is COC(=O)C[C@H](NC(=O)c1ccc2c(c1)CCN2C(C)=O)c1ccc(Cl)cc1. The Morgan fingerprint density at radius 2 is 1.89 bits per heavy atom. The number of benzene rings is 2. The highest BCUT2D eigenvalue weighted by atomic mass is 35.5. The maximum atomic E-state index is 12.8. The van der Waals surface area contributed by atoms with Crippen molar-refractivity contribution in [3.8, 4) is 0 Å². The topological polar surface area (TPSA) is 75.7 Å². The highest BCUT2D eigenvalue weighted by Gasteiger charge is 2.24. The second kappa shape index (κ2) is 8.44. The van der Waals surface area contributed by atoms with Crippen molar-refractivity contribution in [2.75, 3.05) is 18.6 Å². The molecule has 146 valence electrons. The molecule has 3 rings (SSSR count). The van der Waals surface area contributed by atoms with Crippen molar-refractivity contribution < 1.29 is 19.1 Å². The molecule has 2 aromatic carbocycles. The van der Waals surface area contributed by atoms with Gasteiger partial charge in [-0.3, -0.25) is 14.4 Å². The number of halogens is 1. The van der Waals surface area contributed by atoms with E-state index in [0.717, 1.165) is 16.8 Å². The van der Waals surface area contributed by atoms with E-state index >= 15 is 0 Å². The molecule has 0 fully saturated rings. The summed E-state index contributed by atoms with van der Waals surface area (Å²) >= 11 is 5.93. The number of carbonyl (C=O) groups is 3. The average Bonchev–Trinajstić information content (AvgIpc) is 3.11. The molecule has 6 nitrogen and oxygen atoms in total. The molecule has 0 saturated heterocycles. The fourth-order valence-corrected chi connectivity index (χ4v) is 3.43. The number of fused-ring (bicyclic) bond motifs is 1. The van der Waals surface area contributed by atoms with Crippen LogP contribution in [0.1, 0.15) is 40.9 Å². The molecule has 0 radical (unpaired) electrons. The molecule has 1 heterocycles. The van der Waals surface area contributed by atoms with E-state index in [1.807, 2.05) is 0 Å². The number of hydrogen-bond donors (Lipinski definition) is 1. The summed E-state index contributed by atoms with van der Waals surface area (Å²) in [6, 6.07) is 11.7. The Morgan fingerprint density at radius 3 is 2.54 bits per heavy atom. The summed E-state index contributed by atoms with van der Waals surface area (Å²) in [7, 11) is 1.31. The molecule has 1 aliphatic rings. The number of anilines is 1. The first kappa shape index (κ1) is 19.9. The zero-order chi connectivity index (χ0) is 20.3. The Kier molecular flexibility index (Phi) is 5.99. The lowest BCUT2D eigenvalue weighted by Gasteiger charge is -2.19. The lowest BCUT2D eigenvalue weighted by atomic mass is 10.0. The van der Waals surface area contributed by atoms with E-state index in [-0.39, 0.29) is 18.2 Å². The maximum absolute atomic E-state index is 12.8. The van der Waals surface area contributed by atoms with Gasteiger partial charge in [0.1, 0.15) is 0 Å². The van der Waals surface area contributed by atoms with E-state index in [2.05, 4.69) is 5.32 Å². The summed E-state index contributed by atoms with van der Waals surface area (Å²) in [4.78, 5) is 38.0. The normalized spacial score (nSPS) is 13.6. The average molecular weight is 401 g/mol. The summed E-state index contributed by atoms with van der Waals surface area (Å²) in [5.74, 6) is -0.740. The smallest absolute Gasteiger partial charge is 0.307 e. The van der Waals surface area contributed by atoms with Crippen LogP contribution in [0.5, 0.6) is 0 Å². The van der Waals surface area contributed by atoms with E-state index in [0.29, 0.717) is 23.6 Å². The van der Waals surface area contributed by atoms with Crippen molar-refractivity contribution in [1.82, 2.24) is 5.32 Å². The summed E-state index contributed by atoms with van der Waals surface area (Å²) in [6.45, 7) is 2.14. The van der Waals surface area contributed by atoms with Gasteiger partial charge >= 0.3 is 5.97 Å². The van der Waals surface area contributed by atoms with Gasteiger partial charge in [0.25, 0.3) is 5.91 Å². The summed E-state index contributed by atoms with van der Waals surface area (Å²) < 4.78 is 4.75. The van der Waals surface area contributed by atoms with Crippen LogP contribution >= 0.6 is 11.6 Å². The Morgan fingerprint density at radius 1 is 1.18 bits per heavy atom. The van der Waals surface area contributed by atoms with Gasteiger partial charge in [-0.15, -0.1) is 0 Å². The molecule has 1 atom stereocenters. The van der Waals surface area contributed by atoms with Gasteiger partial charge < -0.3 is 15.0 Å². The Labute approximate surface area is 168 Å². The number of amides is 2. The van der Waals surface area contributed by atoms with Crippen molar-refractivity contribution in [3.05, 3.63) is 64.2 Å². The van der Waals surface area contributed by atoms with Crippen LogP contribution in [0.25, 0.3) is 0 Å². The third-order valence-corrected chi connectivity index (χ3v) is 5.05. The third kappa shape index (κ3) is 4.34. The molecule has 0 unspecified atom stereocenters. The van der Waals surface area contributed by atoms with E-state index in [1.54, 1.807) is 47.4 Å². The Balaban J connectivity index is 1.81. The number of carbonyl (C=O) groups excluding carboxylic acids is 3. The fraction of sp³-hybridized carbons (Fsp3) is 0.286. The minimum absolute atomic E-state index is 0.00687. The minimum atomic E-state index is -0.542. The van der Waals surface area contributed by atoms with E-state index in [4.69, 9.17) is 16.3 Å². The Bertz CT molecular complexity index is 911. The maximum Gasteiger partial charge on any atom is 0.307 e. The van der Waals surface area contributed by atoms with Gasteiger partial charge in [-0.1, -0.05) is 23.7 Å². The third-order valence-electron chi connectivity index (χ3n) is 4.79. The van der Waals surface area contributed by atoms with Crippen LogP contribution in [-0.2, 0) is 20.7 Å². The largest absolute Gasteiger partial charge is 0.469 e. The zero-order valence-electron chi connectivity index (χ0n) is 15.7. The van der Waals surface area contributed by atoms with Crippen molar-refractivity contribution in [2.24, 2.45) is 0 Å². The number of esters is 1. The number of methoxy groups -OCH3 is 1. The monoisotopic (exact) mass is 400 g/mol. The van der Waals surface area contributed by atoms with Crippen molar-refractivity contribution in [1.29, 1.82) is 0 Å². The molecule has 2 amide bonds. The molecule has 28 heavy (non-hydrogen) atoms. The first-order chi connectivity index (χ1) is 13.4. The molecule has 0 bridgehead atoms. The molecule has 0 aliphatic carbocycles. The predicted molar refractivity (Wildman–Crippen MR) is 106 cm³/mol. The van der Waals surface area contributed by atoms with Gasteiger partial charge in [0.2, 0.25) is 5.91 Å². The highest BCUT2D eigenvalue weighted by Crippen LogP contribution is 2.29. The van der Waals surface area contributed by atoms with E-state index in [1.165, 1.54) is 14.0 Å². The lowest BCUT2D eigenvalue weighted by Crippen LogP contribution is -2.30. The van der Waals surface area contributed by atoms with Crippen LogP contribution in [0.4, 0.5) is 5.69 Å². The number of nitrogens with zero attached hydrogens (tertiary/aromatic N) is 1. The molecular weight excluding hydrogens is 380 g/mol. The van der Waals surface area contributed by atoms with E-state index < -0.39 is 12.0 Å². The number of nitrogens with one attached hydrogen (secondary N) is 1. The van der Waals surface area contributed by atoms with Crippen LogP contribution in [0.3, 0.4) is 0 Å². The van der Waals surface area contributed by atoms with Gasteiger partial charge in [-0.05, 0) is 47.9 Å². The van der Waals surface area contributed by atoms with Crippen molar-refractivity contribution >= 4 is 35.1 Å². The first-order valence-electron chi connectivity index (χ1n) is 8.93. The molecule has 0 aromatic heterocycles. The quantitative estimate of drug-likeness (QED) is 0.781. The summed E-state index contributed by atoms with van der Waals surface area (Å²) in [6.07, 6.45) is 0.714. The van der Waals surface area contributed by atoms with Crippen molar-refractivity contribution in [2.45, 2.75) is 25.8 Å². The summed E-state index contributed by atoms with van der Waals surface area (Å²) in [5.41, 5.74) is 3.03. The molecule has 7 heteroatoms. The van der Waals surface area contributed by atoms with Crippen molar-refractivity contribution in [3.63, 3.8) is 0 Å². The fourth-order valence-electron chi connectivity index (χ4n) is 3.31. The zero-order valence-corrected chi connectivity index (χ0v) is 16.5. The minimum Gasteiger partial charge on any atom is -0.469 e. The van der Waals surface area contributed by atoms with Gasteiger partial charge in [-0.25, -0.2) is 0 Å². The second-order valence-corrected chi connectivity index (χ2v) is 7.06. The van der Waals surface area contributed by atoms with Crippen LogP contribution < -0.4 is 10.2 Å². The standard InChI is InChI=1S/C21H21ClN2O4/c1-13(25)24-10-9-15-11-16(5-8-19(15)24)21(27)23-18(12-20(26)28-2)14-3-6-17(22)7-4-14/h3-8,11,18H,9-10,12H2,1-2H3,(H,23,27)/t18-/m0/s1. The van der Waals surface area contributed by atoms with Crippen LogP contribution in [-0.4, -0.2) is 31.4 Å². The molecule has 0 spiro atoms. The van der Waals surface area contributed by atoms with Gasteiger partial charge in [0.05, 0.1) is 19.6 Å². The number of hydrogen-bond acceptors (Lipinski definition) is 4. The van der Waals surface area contributed by atoms with Gasteiger partial charge in [-0.2, -0.15) is 0 Å². The summed E-state index contributed by atoms with van der Waals surface area (Å²) in [5, 5.41) is 3.47. The molecule has 0 saturated carbocycles. The molecule has 1 aliphatic heterocycles. The van der Waals surface area contributed by atoms with Crippen LogP contribution in [0.2, 0.25) is 5.02 Å². The van der Waals surface area contributed by atoms with Crippen LogP contribution in [0, 0.1) is 0 Å². The van der Waals surface area contributed by atoms with E-state index in [9.17, 15) is 14.4 Å². The second-order valence-electron chi connectivity index (χ2n) is 6.62. The van der Waals surface area contributed by atoms with Crippen LogP contribution in [0.15, 0.2) is 42.5 Å². The predicted octanol–water partition coefficient (Wildman–Crippen LogP) is 3.28. The van der Waals surface area contributed by atoms with Gasteiger partial charge in [0, 0.05) is 29.7 Å². The highest BCUT2D eigenvalue weighted by molar-refractivity contribution is 6.30. The number of ether oxygens (including phenoxy) is 1. The Hall–Kier alpha value is -2.86. The number of rotatable bonds is 5. The molecular formula is C21H21ClN2O4. The molecule has 1 N–H and O–H groups in total. The van der Waals surface area contributed by atoms with Gasteiger partial charge in [0.15, 0.2) is 0 Å². The lowest BCUT2D eigenvalue weighted by molar-refractivity contribution is -0.141.